The minimum atomic E-state index is 0.788. The van der Waals surface area contributed by atoms with E-state index in [0.29, 0.717) is 0 Å². The molecule has 1 aromatic heterocycles. The summed E-state index contributed by atoms with van der Waals surface area (Å²) in [7, 11) is 0. The Morgan fingerprint density at radius 2 is 2.29 bits per heavy atom. The van der Waals surface area contributed by atoms with E-state index in [1.54, 1.807) is 23.1 Å². The van der Waals surface area contributed by atoms with E-state index in [-0.39, 0.29) is 0 Å². The second kappa shape index (κ2) is 4.04. The van der Waals surface area contributed by atoms with Crippen LogP contribution in [0.4, 0.5) is 0 Å². The van der Waals surface area contributed by atoms with Crippen molar-refractivity contribution in [2.24, 2.45) is 0 Å². The number of halogens is 1. The summed E-state index contributed by atoms with van der Waals surface area (Å²) >= 11 is 6.76. The summed E-state index contributed by atoms with van der Waals surface area (Å²) in [4.78, 5) is 12.0. The summed E-state index contributed by atoms with van der Waals surface area (Å²) in [5.74, 6) is 0. The highest BCUT2D eigenvalue weighted by atomic mass is 79.9. The van der Waals surface area contributed by atoms with Crippen LogP contribution in [0.3, 0.4) is 0 Å². The molecule has 2 aromatic rings. The van der Waals surface area contributed by atoms with E-state index < -0.39 is 0 Å². The van der Waals surface area contributed by atoms with Gasteiger partial charge in [-0.2, -0.15) is 0 Å². The molecule has 1 heterocycles. The summed E-state index contributed by atoms with van der Waals surface area (Å²) in [6.45, 7) is 0. The van der Waals surface area contributed by atoms with Crippen molar-refractivity contribution in [3.63, 3.8) is 0 Å². The van der Waals surface area contributed by atoms with Gasteiger partial charge in [-0.3, -0.25) is 4.79 Å². The van der Waals surface area contributed by atoms with Crippen LogP contribution in [0.1, 0.15) is 10.4 Å². The Kier molecular flexibility index (Phi) is 2.95. The molecule has 0 bridgehead atoms. The largest absolute Gasteiger partial charge is 0.298 e. The van der Waals surface area contributed by atoms with Gasteiger partial charge in [0.15, 0.2) is 6.29 Å². The lowest BCUT2D eigenvalue weighted by Crippen LogP contribution is -1.79. The van der Waals surface area contributed by atoms with Gasteiger partial charge in [-0.15, -0.1) is 23.1 Å². The fraction of sp³-hybridized carbons (Fsp3) is 0.100. The van der Waals surface area contributed by atoms with Crippen molar-refractivity contribution in [3.8, 4) is 0 Å². The Balaban J connectivity index is 2.88. The molecule has 0 aliphatic rings. The first kappa shape index (κ1) is 10.2. The first-order chi connectivity index (χ1) is 6.77. The fourth-order valence-electron chi connectivity index (χ4n) is 1.37. The fourth-order valence-corrected chi connectivity index (χ4v) is 3.61. The predicted molar refractivity (Wildman–Crippen MR) is 66.7 cm³/mol. The van der Waals surface area contributed by atoms with E-state index in [2.05, 4.69) is 15.9 Å². The van der Waals surface area contributed by atoms with Crippen LogP contribution in [0.15, 0.2) is 26.9 Å². The summed E-state index contributed by atoms with van der Waals surface area (Å²) in [5.41, 5.74) is 0.788. The van der Waals surface area contributed by atoms with Gasteiger partial charge in [0.1, 0.15) is 0 Å². The molecule has 0 unspecified atom stereocenters. The molecule has 0 amide bonds. The second-order valence-electron chi connectivity index (χ2n) is 2.76. The number of carbonyl (C=O) groups excluding carboxylic acids is 1. The van der Waals surface area contributed by atoms with Crippen LogP contribution in [0.5, 0.6) is 0 Å². The summed E-state index contributed by atoms with van der Waals surface area (Å²) in [6.07, 6.45) is 2.94. The smallest absolute Gasteiger partial charge is 0.151 e. The quantitative estimate of drug-likeness (QED) is 0.608. The summed E-state index contributed by atoms with van der Waals surface area (Å²) < 4.78 is 2.21. The predicted octanol–water partition coefficient (Wildman–Crippen LogP) is 4.20. The zero-order valence-electron chi connectivity index (χ0n) is 7.41. The molecule has 0 saturated carbocycles. The molecule has 4 heteroatoms. The van der Waals surface area contributed by atoms with Crippen molar-refractivity contribution in [1.82, 2.24) is 0 Å². The third-order valence-electron chi connectivity index (χ3n) is 2.01. The minimum absolute atomic E-state index is 0.788. The molecular formula is C10H7BrOS2. The maximum atomic E-state index is 10.8. The van der Waals surface area contributed by atoms with Crippen LogP contribution in [0.25, 0.3) is 10.1 Å². The average Bonchev–Trinajstić information content (AvgIpc) is 2.63. The third-order valence-corrected chi connectivity index (χ3v) is 4.75. The summed E-state index contributed by atoms with van der Waals surface area (Å²) in [5, 5.41) is 2.98. The lowest BCUT2D eigenvalue weighted by Gasteiger charge is -2.01. The van der Waals surface area contributed by atoms with E-state index in [9.17, 15) is 4.79 Å². The van der Waals surface area contributed by atoms with Crippen molar-refractivity contribution in [1.29, 1.82) is 0 Å². The van der Waals surface area contributed by atoms with Crippen LogP contribution in [0.2, 0.25) is 0 Å². The Labute approximate surface area is 98.6 Å². The number of thiophene rings is 1. The van der Waals surface area contributed by atoms with Gasteiger partial charge >= 0.3 is 0 Å². The maximum Gasteiger partial charge on any atom is 0.151 e. The zero-order chi connectivity index (χ0) is 10.1. The van der Waals surface area contributed by atoms with Crippen molar-refractivity contribution in [3.05, 3.63) is 27.5 Å². The van der Waals surface area contributed by atoms with Gasteiger partial charge in [0.05, 0.1) is 4.70 Å². The maximum absolute atomic E-state index is 10.8. The van der Waals surface area contributed by atoms with E-state index in [1.165, 1.54) is 0 Å². The number of aldehydes is 1. The first-order valence-corrected chi connectivity index (χ1v) is 6.86. The standard InChI is InChI=1S/C10H7BrOS2/c1-13-8-3-2-7(11)10-9(8)6(4-12)5-14-10/h2-5H,1H3. The third kappa shape index (κ3) is 1.51. The number of carbonyl (C=O) groups is 1. The highest BCUT2D eigenvalue weighted by Gasteiger charge is 2.10. The number of fused-ring (bicyclic) bond motifs is 1. The Morgan fingerprint density at radius 1 is 1.50 bits per heavy atom. The highest BCUT2D eigenvalue weighted by Crippen LogP contribution is 2.37. The van der Waals surface area contributed by atoms with E-state index in [0.717, 1.165) is 31.3 Å². The molecule has 0 radical (unpaired) electrons. The van der Waals surface area contributed by atoms with Gasteiger partial charge in [-0.05, 0) is 34.3 Å². The van der Waals surface area contributed by atoms with Crippen molar-refractivity contribution < 1.29 is 4.79 Å². The van der Waals surface area contributed by atoms with Crippen LogP contribution < -0.4 is 0 Å². The van der Waals surface area contributed by atoms with Crippen LogP contribution in [0, 0.1) is 0 Å². The summed E-state index contributed by atoms with van der Waals surface area (Å²) in [6, 6.07) is 4.07. The molecule has 0 spiro atoms. The normalized spacial score (nSPS) is 10.7. The molecule has 14 heavy (non-hydrogen) atoms. The average molecular weight is 287 g/mol. The van der Waals surface area contributed by atoms with Gasteiger partial charge in [0.25, 0.3) is 0 Å². The van der Waals surface area contributed by atoms with Gasteiger partial charge in [0, 0.05) is 25.7 Å². The van der Waals surface area contributed by atoms with Crippen LogP contribution in [-0.4, -0.2) is 12.5 Å². The molecule has 0 saturated heterocycles. The molecule has 0 N–H and O–H groups in total. The Hall–Kier alpha value is -0.320. The first-order valence-electron chi connectivity index (χ1n) is 3.96. The number of hydrogen-bond acceptors (Lipinski definition) is 3. The number of rotatable bonds is 2. The molecule has 1 aromatic carbocycles. The van der Waals surface area contributed by atoms with Gasteiger partial charge in [0.2, 0.25) is 0 Å². The van der Waals surface area contributed by atoms with Crippen molar-refractivity contribution in [2.45, 2.75) is 4.90 Å². The zero-order valence-corrected chi connectivity index (χ0v) is 10.6. The van der Waals surface area contributed by atoms with Crippen LogP contribution in [-0.2, 0) is 0 Å². The van der Waals surface area contributed by atoms with Crippen LogP contribution >= 0.6 is 39.0 Å². The van der Waals surface area contributed by atoms with Gasteiger partial charge in [-0.25, -0.2) is 0 Å². The molecule has 0 aliphatic heterocycles. The highest BCUT2D eigenvalue weighted by molar-refractivity contribution is 9.10. The minimum Gasteiger partial charge on any atom is -0.298 e. The van der Waals surface area contributed by atoms with Crippen molar-refractivity contribution in [2.75, 3.05) is 6.26 Å². The molecule has 1 nitrogen and oxygen atoms in total. The molecular weight excluding hydrogens is 280 g/mol. The molecule has 0 aliphatic carbocycles. The topological polar surface area (TPSA) is 17.1 Å². The Bertz CT molecular complexity index is 490. The molecule has 2 rings (SSSR count). The SMILES string of the molecule is CSc1ccc(Br)c2scc(C=O)c12. The number of thioether (sulfide) groups is 1. The lowest BCUT2D eigenvalue weighted by atomic mass is 10.2. The Morgan fingerprint density at radius 3 is 2.93 bits per heavy atom. The van der Waals surface area contributed by atoms with E-state index in [4.69, 9.17) is 0 Å². The van der Waals surface area contributed by atoms with Crippen molar-refractivity contribution >= 4 is 55.4 Å². The van der Waals surface area contributed by atoms with Gasteiger partial charge in [-0.1, -0.05) is 0 Å². The second-order valence-corrected chi connectivity index (χ2v) is 5.34. The van der Waals surface area contributed by atoms with Gasteiger partial charge < -0.3 is 0 Å². The lowest BCUT2D eigenvalue weighted by molar-refractivity contribution is 0.112. The number of hydrogen-bond donors (Lipinski definition) is 0. The molecule has 0 atom stereocenters. The number of benzene rings is 1. The molecule has 0 fully saturated rings. The van der Waals surface area contributed by atoms with E-state index >= 15 is 0 Å². The molecule has 72 valence electrons. The monoisotopic (exact) mass is 286 g/mol. The van der Waals surface area contributed by atoms with E-state index in [1.807, 2.05) is 23.8 Å².